The first kappa shape index (κ1) is 21.2. The molecule has 29 heavy (non-hydrogen) atoms. The molecule has 0 aliphatic carbocycles. The first-order valence-corrected chi connectivity index (χ1v) is 11.5. The van der Waals surface area contributed by atoms with Gasteiger partial charge in [-0.3, -0.25) is 9.52 Å². The number of benzene rings is 3. The molecule has 2 N–H and O–H groups in total. The van der Waals surface area contributed by atoms with E-state index >= 15 is 0 Å². The number of hydrogen-bond donors (Lipinski definition) is 2. The normalized spacial score (nSPS) is 12.2. The number of halogens is 1. The van der Waals surface area contributed by atoms with E-state index in [0.717, 1.165) is 4.90 Å². The second kappa shape index (κ2) is 9.35. The fraction of sp³-hybridized carbons (Fsp3) is 0.0952. The van der Waals surface area contributed by atoms with Gasteiger partial charge in [0.05, 0.1) is 15.8 Å². The molecule has 3 aromatic carbocycles. The molecule has 1 amide bonds. The molecule has 0 heterocycles. The van der Waals surface area contributed by atoms with Crippen LogP contribution in [0, 0.1) is 0 Å². The van der Waals surface area contributed by atoms with Crippen molar-refractivity contribution in [1.82, 2.24) is 0 Å². The summed E-state index contributed by atoms with van der Waals surface area (Å²) in [4.78, 5) is 13.5. The SMILES string of the molecule is CC(Sc1ccccc1)C(=O)Nc1ccc(S(=O)(=O)Nc2cccc(Cl)c2)cc1. The summed E-state index contributed by atoms with van der Waals surface area (Å²) in [6.45, 7) is 1.82. The van der Waals surface area contributed by atoms with Gasteiger partial charge in [-0.15, -0.1) is 11.8 Å². The van der Waals surface area contributed by atoms with Crippen LogP contribution in [0.1, 0.15) is 6.92 Å². The lowest BCUT2D eigenvalue weighted by molar-refractivity contribution is -0.115. The summed E-state index contributed by atoms with van der Waals surface area (Å²) >= 11 is 7.34. The predicted molar refractivity (Wildman–Crippen MR) is 119 cm³/mol. The zero-order chi connectivity index (χ0) is 20.9. The minimum absolute atomic E-state index is 0.0854. The molecule has 0 bridgehead atoms. The Morgan fingerprint density at radius 2 is 1.62 bits per heavy atom. The van der Waals surface area contributed by atoms with E-state index in [4.69, 9.17) is 11.6 Å². The van der Waals surface area contributed by atoms with Crippen LogP contribution in [0.25, 0.3) is 0 Å². The van der Waals surface area contributed by atoms with Crippen LogP contribution in [-0.4, -0.2) is 19.6 Å². The third-order valence-corrected chi connectivity index (χ3v) is 6.68. The standard InChI is InChI=1S/C21H19ClN2O3S2/c1-15(28-19-8-3-2-4-9-19)21(25)23-17-10-12-20(13-11-17)29(26,27)24-18-7-5-6-16(22)14-18/h2-15,24H,1H3,(H,23,25). The molecular formula is C21H19ClN2O3S2. The number of carbonyl (C=O) groups is 1. The molecule has 0 radical (unpaired) electrons. The minimum Gasteiger partial charge on any atom is -0.325 e. The second-order valence-electron chi connectivity index (χ2n) is 6.20. The third-order valence-electron chi connectivity index (χ3n) is 3.93. The van der Waals surface area contributed by atoms with Gasteiger partial charge in [0, 0.05) is 15.6 Å². The van der Waals surface area contributed by atoms with Gasteiger partial charge in [0.2, 0.25) is 5.91 Å². The number of hydrogen-bond acceptors (Lipinski definition) is 4. The van der Waals surface area contributed by atoms with Crippen LogP contribution in [0.15, 0.2) is 88.7 Å². The third kappa shape index (κ3) is 6.00. The Morgan fingerprint density at radius 3 is 2.28 bits per heavy atom. The fourth-order valence-corrected chi connectivity index (χ4v) is 4.61. The molecule has 0 fully saturated rings. The predicted octanol–water partition coefficient (Wildman–Crippen LogP) is 5.26. The van der Waals surface area contributed by atoms with E-state index in [1.807, 2.05) is 37.3 Å². The van der Waals surface area contributed by atoms with E-state index in [2.05, 4.69) is 10.0 Å². The number of rotatable bonds is 7. The number of anilines is 2. The Hall–Kier alpha value is -2.48. The van der Waals surface area contributed by atoms with Crippen molar-refractivity contribution < 1.29 is 13.2 Å². The monoisotopic (exact) mass is 446 g/mol. The van der Waals surface area contributed by atoms with E-state index in [1.165, 1.54) is 30.0 Å². The lowest BCUT2D eigenvalue weighted by atomic mass is 10.3. The quantitative estimate of drug-likeness (QED) is 0.485. The Labute approximate surface area is 179 Å². The maximum Gasteiger partial charge on any atom is 0.261 e. The van der Waals surface area contributed by atoms with Crippen molar-refractivity contribution >= 4 is 50.7 Å². The minimum atomic E-state index is -3.76. The van der Waals surface area contributed by atoms with Crippen LogP contribution in [0.5, 0.6) is 0 Å². The van der Waals surface area contributed by atoms with E-state index in [9.17, 15) is 13.2 Å². The number of carbonyl (C=O) groups excluding carboxylic acids is 1. The average Bonchev–Trinajstić information content (AvgIpc) is 2.69. The lowest BCUT2D eigenvalue weighted by Gasteiger charge is -2.13. The molecule has 0 aliphatic rings. The van der Waals surface area contributed by atoms with Gasteiger partial charge in [-0.25, -0.2) is 8.42 Å². The van der Waals surface area contributed by atoms with Crippen LogP contribution in [-0.2, 0) is 14.8 Å². The van der Waals surface area contributed by atoms with Crippen LogP contribution >= 0.6 is 23.4 Å². The zero-order valence-corrected chi connectivity index (χ0v) is 17.9. The van der Waals surface area contributed by atoms with Gasteiger partial charge < -0.3 is 5.32 Å². The Kier molecular flexibility index (Phi) is 6.84. The first-order valence-electron chi connectivity index (χ1n) is 8.74. The maximum atomic E-state index is 12.5. The van der Waals surface area contributed by atoms with Crippen LogP contribution < -0.4 is 10.0 Å². The summed E-state index contributed by atoms with van der Waals surface area (Å²) in [6, 6.07) is 22.1. The smallest absolute Gasteiger partial charge is 0.261 e. The molecule has 8 heteroatoms. The van der Waals surface area contributed by atoms with E-state index in [1.54, 1.807) is 30.3 Å². The number of thioether (sulfide) groups is 1. The van der Waals surface area contributed by atoms with Crippen molar-refractivity contribution in [3.05, 3.63) is 83.9 Å². The zero-order valence-electron chi connectivity index (χ0n) is 15.5. The topological polar surface area (TPSA) is 75.3 Å². The molecule has 0 spiro atoms. The molecular weight excluding hydrogens is 428 g/mol. The van der Waals surface area contributed by atoms with Crippen LogP contribution in [0.3, 0.4) is 0 Å². The molecule has 3 aromatic rings. The largest absolute Gasteiger partial charge is 0.325 e. The van der Waals surface area contributed by atoms with E-state index < -0.39 is 10.0 Å². The van der Waals surface area contributed by atoms with Gasteiger partial charge in [0.25, 0.3) is 10.0 Å². The summed E-state index contributed by atoms with van der Waals surface area (Å²) in [7, 11) is -3.76. The van der Waals surface area contributed by atoms with Crippen LogP contribution in [0.4, 0.5) is 11.4 Å². The Bertz CT molecular complexity index is 1090. The average molecular weight is 447 g/mol. The van der Waals surface area contributed by atoms with Gasteiger partial charge in [0.15, 0.2) is 0 Å². The van der Waals surface area contributed by atoms with Crippen molar-refractivity contribution in [2.24, 2.45) is 0 Å². The van der Waals surface area contributed by atoms with Crippen molar-refractivity contribution in [2.75, 3.05) is 10.0 Å². The lowest BCUT2D eigenvalue weighted by Crippen LogP contribution is -2.22. The second-order valence-corrected chi connectivity index (χ2v) is 9.74. The first-order chi connectivity index (χ1) is 13.8. The van der Waals surface area contributed by atoms with Gasteiger partial charge in [-0.2, -0.15) is 0 Å². The van der Waals surface area contributed by atoms with Crippen LogP contribution in [0.2, 0.25) is 5.02 Å². The molecule has 1 atom stereocenters. The molecule has 150 valence electrons. The maximum absolute atomic E-state index is 12.5. The van der Waals surface area contributed by atoms with Crippen molar-refractivity contribution in [3.8, 4) is 0 Å². The fourth-order valence-electron chi connectivity index (χ4n) is 2.48. The summed E-state index contributed by atoms with van der Waals surface area (Å²) < 4.78 is 27.5. The Balaban J connectivity index is 1.64. The highest BCUT2D eigenvalue weighted by molar-refractivity contribution is 8.00. The summed E-state index contributed by atoms with van der Waals surface area (Å²) in [6.07, 6.45) is 0. The number of amides is 1. The van der Waals surface area contributed by atoms with Gasteiger partial charge in [-0.1, -0.05) is 35.9 Å². The van der Waals surface area contributed by atoms with Crippen molar-refractivity contribution in [2.45, 2.75) is 22.0 Å². The highest BCUT2D eigenvalue weighted by Gasteiger charge is 2.17. The summed E-state index contributed by atoms with van der Waals surface area (Å²) in [5, 5.41) is 2.94. The molecule has 3 rings (SSSR count). The van der Waals surface area contributed by atoms with Crippen molar-refractivity contribution in [3.63, 3.8) is 0 Å². The van der Waals surface area contributed by atoms with Gasteiger partial charge in [-0.05, 0) is 61.5 Å². The molecule has 5 nitrogen and oxygen atoms in total. The molecule has 0 saturated heterocycles. The van der Waals surface area contributed by atoms with E-state index in [-0.39, 0.29) is 16.1 Å². The summed E-state index contributed by atoms with van der Waals surface area (Å²) in [5.41, 5.74) is 0.902. The molecule has 1 unspecified atom stereocenters. The van der Waals surface area contributed by atoms with Gasteiger partial charge >= 0.3 is 0 Å². The summed E-state index contributed by atoms with van der Waals surface area (Å²) in [5.74, 6) is -0.161. The van der Waals surface area contributed by atoms with Crippen molar-refractivity contribution in [1.29, 1.82) is 0 Å². The highest BCUT2D eigenvalue weighted by atomic mass is 35.5. The van der Waals surface area contributed by atoms with E-state index in [0.29, 0.717) is 16.4 Å². The number of sulfonamides is 1. The molecule has 0 saturated carbocycles. The molecule has 0 aromatic heterocycles. The van der Waals surface area contributed by atoms with Gasteiger partial charge in [0.1, 0.15) is 0 Å². The number of nitrogens with one attached hydrogen (secondary N) is 2. The highest BCUT2D eigenvalue weighted by Crippen LogP contribution is 2.24. The Morgan fingerprint density at radius 1 is 0.931 bits per heavy atom. The molecule has 0 aliphatic heterocycles.